The van der Waals surface area contributed by atoms with E-state index in [4.69, 9.17) is 0 Å². The van der Waals surface area contributed by atoms with Crippen molar-refractivity contribution in [1.82, 2.24) is 0 Å². The molecule has 0 rings (SSSR count). The Kier molecular flexibility index (Phi) is 392. The minimum atomic E-state index is 0. The van der Waals surface area contributed by atoms with Crippen LogP contribution in [0.5, 0.6) is 0 Å². The Balaban J connectivity index is 0. The Morgan fingerprint density at radius 1 is 1.00 bits per heavy atom. The van der Waals surface area contributed by atoms with Crippen LogP contribution in [0.4, 0.5) is 0 Å². The largest absolute Gasteiger partial charge is 0 e. The van der Waals surface area contributed by atoms with E-state index in [-0.39, 0.29) is 149 Å². The zero-order chi connectivity index (χ0) is 0. The van der Waals surface area contributed by atoms with Crippen LogP contribution in [0.3, 0.4) is 0 Å². The summed E-state index contributed by atoms with van der Waals surface area (Å²) in [6.45, 7) is 0. The summed E-state index contributed by atoms with van der Waals surface area (Å²) in [4.78, 5) is 0. The predicted molar refractivity (Wildman–Crippen MR) is 25.6 cm³/mol. The van der Waals surface area contributed by atoms with Gasteiger partial charge in [0.25, 0.3) is 0 Å². The molecule has 0 saturated carbocycles. The third-order valence-electron chi connectivity index (χ3n) is 0. The summed E-state index contributed by atoms with van der Waals surface area (Å²) in [5.41, 5.74) is 0. The molecule has 0 aliphatic rings. The minimum Gasteiger partial charge on any atom is 0 e. The molecule has 7 heavy (non-hydrogen) atoms. The molecule has 44 valence electrons. The zero-order valence-electron chi connectivity index (χ0n) is 2.24. The molecule has 0 N–H and O–H groups in total. The maximum absolute atomic E-state index is 0. The van der Waals surface area contributed by atoms with Gasteiger partial charge < -0.3 is 0 Å². The van der Waals surface area contributed by atoms with Gasteiger partial charge >= 0.3 is 77.9 Å². The standard InChI is InChI=1S/Ca.Cu.Fe.Mg.Mn.H2Se.Zn.4H/h;;;;;1H2;;;;;. The van der Waals surface area contributed by atoms with Gasteiger partial charge in [0.2, 0.25) is 0 Å². The van der Waals surface area contributed by atoms with Crippen LogP contribution in [0.25, 0.3) is 0 Å². The molecule has 0 amide bonds. The van der Waals surface area contributed by atoms with Crippen molar-refractivity contribution >= 4 is 77.9 Å². The first kappa shape index (κ1) is 60.4. The summed E-state index contributed by atoms with van der Waals surface area (Å²) in [7, 11) is 0. The van der Waals surface area contributed by atoms with Crippen molar-refractivity contribution in [3.63, 3.8) is 0 Å². The quantitative estimate of drug-likeness (QED) is 0.394. The van der Waals surface area contributed by atoms with Gasteiger partial charge in [-0.3, -0.25) is 0 Å². The van der Waals surface area contributed by atoms with E-state index in [1.165, 1.54) is 0 Å². The number of hydrogen-bond donors (Lipinski definition) is 0. The first-order valence-electron chi connectivity index (χ1n) is 0. The fraction of sp³-hybridized carbons (Fsp3) is 0. The van der Waals surface area contributed by atoms with Gasteiger partial charge in [0, 0.05) is 70.7 Å². The SMILES string of the molecule is [CaH2].[Cu].[Fe].[MgH2].[Mn].[SeH2].[Zn]. The molecule has 2 radical (unpaired) electrons. The molecule has 0 bridgehead atoms. The van der Waals surface area contributed by atoms with Crippen molar-refractivity contribution in [2.24, 2.45) is 0 Å². The van der Waals surface area contributed by atoms with E-state index >= 15 is 0 Å². The summed E-state index contributed by atoms with van der Waals surface area (Å²) < 4.78 is 0. The van der Waals surface area contributed by atoms with Crippen molar-refractivity contribution in [3.05, 3.63) is 0 Å². The van der Waals surface area contributed by atoms with E-state index < -0.39 is 0 Å². The first-order chi connectivity index (χ1) is 0. The average Bonchev–Trinajstić information content (AvgIpc) is 0. The summed E-state index contributed by atoms with van der Waals surface area (Å²) in [6, 6.07) is 0. The van der Waals surface area contributed by atoms with Gasteiger partial charge in [-0.25, -0.2) is 0 Å². The fourth-order valence-corrected chi connectivity index (χ4v) is 0. The molecule has 0 aromatic rings. The Labute approximate surface area is 145 Å². The van der Waals surface area contributed by atoms with Gasteiger partial charge in [-0.05, 0) is 0 Å². The van der Waals surface area contributed by atoms with E-state index in [0.29, 0.717) is 0 Å². The molecular formula is H6CaCuFeMgMnSeZn. The second-order valence-corrected chi connectivity index (χ2v) is 0. The molecule has 7 heteroatoms. The smallest absolute Gasteiger partial charge is 0 e. The van der Waals surface area contributed by atoms with Crippen LogP contribution in [0, 0.1) is 0 Å². The van der Waals surface area contributed by atoms with Crippen LogP contribution in [0.1, 0.15) is 0 Å². The zero-order valence-corrected chi connectivity index (χ0v) is 10.5. The molecule has 0 unspecified atom stereocenters. The van der Waals surface area contributed by atoms with E-state index in [2.05, 4.69) is 0 Å². The molecule has 0 fully saturated rings. The van der Waals surface area contributed by atoms with Crippen LogP contribution < -0.4 is 0 Å². The van der Waals surface area contributed by atoms with E-state index in [0.717, 1.165) is 0 Å². The van der Waals surface area contributed by atoms with E-state index in [1.54, 1.807) is 0 Å². The van der Waals surface area contributed by atoms with Gasteiger partial charge in [0.1, 0.15) is 0 Å². The van der Waals surface area contributed by atoms with Crippen molar-refractivity contribution in [2.75, 3.05) is 0 Å². The molecule has 0 atom stereocenters. The molecule has 0 aliphatic carbocycles. The number of hydrogen-bond acceptors (Lipinski definition) is 0. The summed E-state index contributed by atoms with van der Waals surface area (Å²) in [5.74, 6) is 0. The van der Waals surface area contributed by atoms with E-state index in [1.807, 2.05) is 0 Å². The summed E-state index contributed by atoms with van der Waals surface area (Å²) in [5, 5.41) is 0. The second kappa shape index (κ2) is 45.4. The molecule has 0 aromatic heterocycles. The summed E-state index contributed by atoms with van der Waals surface area (Å²) in [6.07, 6.45) is 0. The Morgan fingerprint density at radius 3 is 1.00 bits per heavy atom. The van der Waals surface area contributed by atoms with Crippen LogP contribution in [-0.2, 0) is 70.7 Å². The molecular weight excluding hydrogens is 383 g/mol. The predicted octanol–water partition coefficient (Wildman–Crippen LogP) is -2.76. The first-order valence-corrected chi connectivity index (χ1v) is 0. The van der Waals surface area contributed by atoms with Crippen molar-refractivity contribution in [3.8, 4) is 0 Å². The molecule has 0 aliphatic heterocycles. The third kappa shape index (κ3) is 36.6. The Morgan fingerprint density at radius 2 is 1.00 bits per heavy atom. The Hall–Kier alpha value is 4.73. The van der Waals surface area contributed by atoms with Crippen LogP contribution in [-0.4, -0.2) is 77.9 Å². The van der Waals surface area contributed by atoms with Gasteiger partial charge in [0.05, 0.1) is 0 Å². The normalized spacial score (nSPS) is 0. The van der Waals surface area contributed by atoms with Crippen LogP contribution >= 0.6 is 0 Å². The fourth-order valence-electron chi connectivity index (χ4n) is 0. The summed E-state index contributed by atoms with van der Waals surface area (Å²) >= 11 is 0. The molecule has 0 saturated heterocycles. The average molecular weight is 389 g/mol. The topological polar surface area (TPSA) is 0 Å². The maximum atomic E-state index is 0. The number of rotatable bonds is 0. The van der Waals surface area contributed by atoms with Crippen LogP contribution in [0.2, 0.25) is 0 Å². The molecule has 0 spiro atoms. The van der Waals surface area contributed by atoms with Crippen molar-refractivity contribution in [2.45, 2.75) is 0 Å². The molecule has 0 aromatic carbocycles. The van der Waals surface area contributed by atoms with Gasteiger partial charge in [0.15, 0.2) is 0 Å². The van der Waals surface area contributed by atoms with Crippen molar-refractivity contribution < 1.29 is 70.7 Å². The third-order valence-corrected chi connectivity index (χ3v) is 0. The van der Waals surface area contributed by atoms with Gasteiger partial charge in [-0.1, -0.05) is 0 Å². The minimum absolute atomic E-state index is 0. The monoisotopic (exact) mass is 388 g/mol. The Bertz CT molecular complexity index is 19.7. The van der Waals surface area contributed by atoms with E-state index in [9.17, 15) is 0 Å². The maximum Gasteiger partial charge on any atom is 0 e. The van der Waals surface area contributed by atoms with Gasteiger partial charge in [-0.15, -0.1) is 0 Å². The molecule has 0 heterocycles. The second-order valence-electron chi connectivity index (χ2n) is 0. The van der Waals surface area contributed by atoms with Gasteiger partial charge in [-0.2, -0.15) is 0 Å². The molecule has 0 nitrogen and oxygen atoms in total. The van der Waals surface area contributed by atoms with Crippen molar-refractivity contribution in [1.29, 1.82) is 0 Å². The van der Waals surface area contributed by atoms with Crippen LogP contribution in [0.15, 0.2) is 0 Å².